The average molecular weight is 178 g/mol. The number of allylic oxidation sites excluding steroid dienone is 1. The molecule has 0 rings (SSSR count). The van der Waals surface area contributed by atoms with Gasteiger partial charge in [-0.1, -0.05) is 32.3 Å². The minimum Gasteiger partial charge on any atom is -0.104 e. The smallest absolute Gasteiger partial charge is 0.00886 e. The molecule has 0 heterocycles. The lowest BCUT2D eigenvalue weighted by Crippen LogP contribution is -1.78. The molecule has 13 heavy (non-hydrogen) atoms. The summed E-state index contributed by atoms with van der Waals surface area (Å²) in [4.78, 5) is 0. The largest absolute Gasteiger partial charge is 0.104 e. The third-order valence-electron chi connectivity index (χ3n) is 2.01. The van der Waals surface area contributed by atoms with Crippen LogP contribution < -0.4 is 0 Å². The van der Waals surface area contributed by atoms with Crippen molar-refractivity contribution in [1.82, 2.24) is 0 Å². The number of hydrogen-bond donors (Lipinski definition) is 0. The minimum atomic E-state index is 0.999. The van der Waals surface area contributed by atoms with Crippen LogP contribution in [0.25, 0.3) is 0 Å². The van der Waals surface area contributed by atoms with E-state index in [-0.39, 0.29) is 0 Å². The van der Waals surface area contributed by atoms with Crippen LogP contribution in [0.3, 0.4) is 0 Å². The Bertz CT molecular complexity index is 157. The lowest BCUT2D eigenvalue weighted by atomic mass is 10.1. The molecule has 0 aliphatic heterocycles. The predicted molar refractivity (Wildman–Crippen MR) is 60.6 cm³/mol. The summed E-state index contributed by atoms with van der Waals surface area (Å²) in [5.41, 5.74) is 0. The van der Waals surface area contributed by atoms with Crippen LogP contribution in [0.2, 0.25) is 0 Å². The van der Waals surface area contributed by atoms with Crippen molar-refractivity contribution in [3.8, 4) is 11.8 Å². The Balaban J connectivity index is 2.95. The molecule has 0 amide bonds. The summed E-state index contributed by atoms with van der Waals surface area (Å²) in [5.74, 6) is 6.27. The molecule has 0 aliphatic carbocycles. The monoisotopic (exact) mass is 178 g/mol. The summed E-state index contributed by atoms with van der Waals surface area (Å²) in [6.45, 7) is 5.81. The SMILES string of the molecule is C=CCCCCCCCC#CCC. The van der Waals surface area contributed by atoms with Crippen molar-refractivity contribution in [2.24, 2.45) is 0 Å². The maximum atomic E-state index is 3.71. The Kier molecular flexibility index (Phi) is 10.7. The fourth-order valence-electron chi connectivity index (χ4n) is 1.25. The van der Waals surface area contributed by atoms with E-state index in [9.17, 15) is 0 Å². The zero-order valence-electron chi connectivity index (χ0n) is 8.94. The van der Waals surface area contributed by atoms with Gasteiger partial charge in [0, 0.05) is 12.8 Å². The van der Waals surface area contributed by atoms with Crippen molar-refractivity contribution in [3.05, 3.63) is 12.7 Å². The molecule has 0 fully saturated rings. The van der Waals surface area contributed by atoms with E-state index >= 15 is 0 Å². The van der Waals surface area contributed by atoms with E-state index < -0.39 is 0 Å². The Hall–Kier alpha value is -0.700. The number of hydrogen-bond acceptors (Lipinski definition) is 0. The predicted octanol–water partition coefficient (Wildman–Crippen LogP) is 4.32. The van der Waals surface area contributed by atoms with E-state index in [1.165, 1.54) is 38.5 Å². The van der Waals surface area contributed by atoms with Gasteiger partial charge < -0.3 is 0 Å². The molecule has 74 valence electrons. The van der Waals surface area contributed by atoms with Crippen molar-refractivity contribution >= 4 is 0 Å². The second-order valence-electron chi connectivity index (χ2n) is 3.30. The van der Waals surface area contributed by atoms with E-state index in [0.29, 0.717) is 0 Å². The van der Waals surface area contributed by atoms with Gasteiger partial charge in [0.05, 0.1) is 0 Å². The highest BCUT2D eigenvalue weighted by atomic mass is 13.9. The lowest BCUT2D eigenvalue weighted by molar-refractivity contribution is 0.625. The van der Waals surface area contributed by atoms with Gasteiger partial charge in [-0.3, -0.25) is 0 Å². The van der Waals surface area contributed by atoms with Gasteiger partial charge in [-0.15, -0.1) is 18.4 Å². The molecule has 0 radical (unpaired) electrons. The van der Waals surface area contributed by atoms with Crippen molar-refractivity contribution in [3.63, 3.8) is 0 Å². The van der Waals surface area contributed by atoms with E-state index in [0.717, 1.165) is 12.8 Å². The molecule has 0 heteroatoms. The highest BCUT2D eigenvalue weighted by molar-refractivity contribution is 4.97. The Morgan fingerprint density at radius 1 is 1.00 bits per heavy atom. The second kappa shape index (κ2) is 11.3. The minimum absolute atomic E-state index is 0.999. The van der Waals surface area contributed by atoms with Gasteiger partial charge in [0.2, 0.25) is 0 Å². The van der Waals surface area contributed by atoms with E-state index in [1.54, 1.807) is 0 Å². The highest BCUT2D eigenvalue weighted by Crippen LogP contribution is 2.06. The molecule has 0 atom stereocenters. The quantitative estimate of drug-likeness (QED) is 0.309. The van der Waals surface area contributed by atoms with Crippen molar-refractivity contribution in [2.75, 3.05) is 0 Å². The summed E-state index contributed by atoms with van der Waals surface area (Å²) < 4.78 is 0. The maximum Gasteiger partial charge on any atom is 0.00886 e. The first-order chi connectivity index (χ1) is 6.41. The maximum absolute atomic E-state index is 3.71. The first-order valence-electron chi connectivity index (χ1n) is 5.48. The fraction of sp³-hybridized carbons (Fsp3) is 0.692. The summed E-state index contributed by atoms with van der Waals surface area (Å²) in [6, 6.07) is 0. The molecule has 0 saturated heterocycles. The summed E-state index contributed by atoms with van der Waals surface area (Å²) in [5, 5.41) is 0. The van der Waals surface area contributed by atoms with Crippen molar-refractivity contribution in [1.29, 1.82) is 0 Å². The highest BCUT2D eigenvalue weighted by Gasteiger charge is 1.87. The van der Waals surface area contributed by atoms with Crippen LogP contribution in [0.5, 0.6) is 0 Å². The van der Waals surface area contributed by atoms with Crippen LogP contribution in [0, 0.1) is 11.8 Å². The van der Waals surface area contributed by atoms with Crippen LogP contribution >= 0.6 is 0 Å². The molecule has 0 unspecified atom stereocenters. The first-order valence-corrected chi connectivity index (χ1v) is 5.48. The molecule has 0 aromatic rings. The van der Waals surface area contributed by atoms with Crippen molar-refractivity contribution < 1.29 is 0 Å². The number of unbranched alkanes of at least 4 members (excludes halogenated alkanes) is 6. The van der Waals surface area contributed by atoms with Crippen LogP contribution in [0.4, 0.5) is 0 Å². The van der Waals surface area contributed by atoms with Crippen LogP contribution in [0.1, 0.15) is 58.3 Å². The van der Waals surface area contributed by atoms with Gasteiger partial charge in [0.1, 0.15) is 0 Å². The Labute approximate surface area is 83.4 Å². The molecule has 0 bridgehead atoms. The van der Waals surface area contributed by atoms with Crippen LogP contribution in [-0.4, -0.2) is 0 Å². The summed E-state index contributed by atoms with van der Waals surface area (Å²) in [6.07, 6.45) is 11.9. The molecule has 0 aromatic carbocycles. The van der Waals surface area contributed by atoms with Gasteiger partial charge in [-0.25, -0.2) is 0 Å². The molecule has 0 nitrogen and oxygen atoms in total. The average Bonchev–Trinajstić information content (AvgIpc) is 2.16. The molecule has 0 N–H and O–H groups in total. The van der Waals surface area contributed by atoms with Gasteiger partial charge in [0.15, 0.2) is 0 Å². The zero-order chi connectivity index (χ0) is 9.78. The van der Waals surface area contributed by atoms with Gasteiger partial charge in [-0.2, -0.15) is 0 Å². The van der Waals surface area contributed by atoms with Crippen LogP contribution in [0.15, 0.2) is 12.7 Å². The topological polar surface area (TPSA) is 0 Å². The van der Waals surface area contributed by atoms with E-state index in [2.05, 4.69) is 25.3 Å². The van der Waals surface area contributed by atoms with E-state index in [1.807, 2.05) is 6.08 Å². The molecule has 0 aromatic heterocycles. The Morgan fingerprint density at radius 2 is 1.69 bits per heavy atom. The lowest BCUT2D eigenvalue weighted by Gasteiger charge is -1.96. The number of rotatable bonds is 7. The van der Waals surface area contributed by atoms with Crippen molar-refractivity contribution in [2.45, 2.75) is 58.3 Å². The molecule has 0 saturated carbocycles. The molecule has 0 aliphatic rings. The first kappa shape index (κ1) is 12.3. The standard InChI is InChI=1S/C13H22/c1-3-5-7-9-11-13-12-10-8-6-4-2/h3H,1,4-5,7,9-13H2,2H3. The molecular formula is C13H22. The third kappa shape index (κ3) is 11.3. The van der Waals surface area contributed by atoms with Gasteiger partial charge in [0.25, 0.3) is 0 Å². The van der Waals surface area contributed by atoms with E-state index in [4.69, 9.17) is 0 Å². The normalized spacial score (nSPS) is 9.00. The summed E-state index contributed by atoms with van der Waals surface area (Å²) >= 11 is 0. The second-order valence-corrected chi connectivity index (χ2v) is 3.30. The van der Waals surface area contributed by atoms with Gasteiger partial charge in [-0.05, 0) is 19.3 Å². The summed E-state index contributed by atoms with van der Waals surface area (Å²) in [7, 11) is 0. The fourth-order valence-corrected chi connectivity index (χ4v) is 1.25. The Morgan fingerprint density at radius 3 is 2.38 bits per heavy atom. The van der Waals surface area contributed by atoms with Crippen LogP contribution in [-0.2, 0) is 0 Å². The molecular weight excluding hydrogens is 156 g/mol. The third-order valence-corrected chi connectivity index (χ3v) is 2.01. The zero-order valence-corrected chi connectivity index (χ0v) is 8.94. The molecule has 0 spiro atoms. The van der Waals surface area contributed by atoms with Gasteiger partial charge >= 0.3 is 0 Å².